The summed E-state index contributed by atoms with van der Waals surface area (Å²) in [6, 6.07) is 19.2. The number of aldehydes is 1. The van der Waals surface area contributed by atoms with Crippen molar-refractivity contribution in [1.82, 2.24) is 9.78 Å². The van der Waals surface area contributed by atoms with Gasteiger partial charge in [-0.15, -0.1) is 0 Å². The van der Waals surface area contributed by atoms with E-state index < -0.39 is 12.1 Å². The summed E-state index contributed by atoms with van der Waals surface area (Å²) in [5, 5.41) is 11.7. The first-order chi connectivity index (χ1) is 16.8. The van der Waals surface area contributed by atoms with Gasteiger partial charge in [0, 0.05) is 25.0 Å². The number of aryl methyl sites for hydroxylation is 1. The second kappa shape index (κ2) is 11.6. The molecule has 0 spiro atoms. The van der Waals surface area contributed by atoms with Crippen molar-refractivity contribution in [2.75, 3.05) is 7.11 Å². The molecule has 7 heteroatoms. The van der Waals surface area contributed by atoms with Crippen LogP contribution in [0.25, 0.3) is 17.0 Å². The SMILES string of the molecule is CO.Cc1ccc(-c2cc(CC(C=O)c3ccccc3)nn2C2=CC=CC(C(F)(F)F)C=C2)cc1. The number of benzene rings is 2. The summed E-state index contributed by atoms with van der Waals surface area (Å²) >= 11 is 0. The maximum absolute atomic E-state index is 13.2. The van der Waals surface area contributed by atoms with Gasteiger partial charge in [-0.2, -0.15) is 18.3 Å². The number of halogens is 3. The zero-order valence-corrected chi connectivity index (χ0v) is 19.5. The molecule has 4 nitrogen and oxygen atoms in total. The molecular weight excluding hydrogens is 453 g/mol. The number of hydrogen-bond donors (Lipinski definition) is 1. The summed E-state index contributed by atoms with van der Waals surface area (Å²) in [6.45, 7) is 1.99. The maximum atomic E-state index is 13.2. The highest BCUT2D eigenvalue weighted by molar-refractivity contribution is 5.71. The van der Waals surface area contributed by atoms with Gasteiger partial charge in [0.1, 0.15) is 6.29 Å². The Kier molecular flexibility index (Phi) is 8.60. The molecule has 0 saturated heterocycles. The quantitative estimate of drug-likeness (QED) is 0.432. The van der Waals surface area contributed by atoms with Crippen molar-refractivity contribution in [3.05, 3.63) is 108 Å². The molecule has 35 heavy (non-hydrogen) atoms. The zero-order valence-electron chi connectivity index (χ0n) is 19.5. The largest absolute Gasteiger partial charge is 0.400 e. The summed E-state index contributed by atoms with van der Waals surface area (Å²) < 4.78 is 41.2. The van der Waals surface area contributed by atoms with Crippen LogP contribution in [0.5, 0.6) is 0 Å². The number of carbonyl (C=O) groups excluding carboxylic acids is 1. The van der Waals surface area contributed by atoms with E-state index >= 15 is 0 Å². The van der Waals surface area contributed by atoms with E-state index in [9.17, 15) is 18.0 Å². The fourth-order valence-electron chi connectivity index (χ4n) is 3.78. The summed E-state index contributed by atoms with van der Waals surface area (Å²) in [4.78, 5) is 11.8. The van der Waals surface area contributed by atoms with E-state index in [1.54, 1.807) is 10.8 Å². The fraction of sp³-hybridized carbons (Fsp3) is 0.214. The van der Waals surface area contributed by atoms with Crippen molar-refractivity contribution in [2.45, 2.75) is 25.4 Å². The van der Waals surface area contributed by atoms with E-state index in [0.717, 1.165) is 47.9 Å². The van der Waals surface area contributed by atoms with Crippen LogP contribution in [0.3, 0.4) is 0 Å². The molecule has 0 amide bonds. The second-order valence-electron chi connectivity index (χ2n) is 8.06. The van der Waals surface area contributed by atoms with E-state index in [4.69, 9.17) is 10.2 Å². The molecule has 0 radical (unpaired) electrons. The van der Waals surface area contributed by atoms with Crippen LogP contribution >= 0.6 is 0 Å². The molecule has 4 rings (SSSR count). The Hall–Kier alpha value is -3.71. The minimum absolute atomic E-state index is 0.367. The second-order valence-corrected chi connectivity index (χ2v) is 8.06. The smallest absolute Gasteiger partial charge is 0.398 e. The zero-order chi connectivity index (χ0) is 25.4. The third kappa shape index (κ3) is 6.45. The number of rotatable bonds is 6. The highest BCUT2D eigenvalue weighted by Crippen LogP contribution is 2.32. The van der Waals surface area contributed by atoms with E-state index in [2.05, 4.69) is 0 Å². The fourth-order valence-corrected chi connectivity index (χ4v) is 3.78. The molecule has 2 unspecified atom stereocenters. The maximum Gasteiger partial charge on any atom is 0.398 e. The first-order valence-electron chi connectivity index (χ1n) is 11.1. The van der Waals surface area contributed by atoms with Crippen molar-refractivity contribution in [3.8, 4) is 11.3 Å². The molecule has 0 aliphatic heterocycles. The Labute approximate surface area is 202 Å². The van der Waals surface area contributed by atoms with Gasteiger partial charge >= 0.3 is 6.18 Å². The Balaban J connectivity index is 0.00000167. The van der Waals surface area contributed by atoms with Gasteiger partial charge in [0.15, 0.2) is 0 Å². The van der Waals surface area contributed by atoms with Crippen molar-refractivity contribution < 1.29 is 23.1 Å². The topological polar surface area (TPSA) is 55.1 Å². The normalized spacial score (nSPS) is 16.1. The molecule has 2 aromatic carbocycles. The van der Waals surface area contributed by atoms with Crippen LogP contribution in [-0.4, -0.2) is 34.5 Å². The third-order valence-corrected chi connectivity index (χ3v) is 5.61. The molecule has 0 bridgehead atoms. The van der Waals surface area contributed by atoms with Gasteiger partial charge in [-0.05, 0) is 30.7 Å². The lowest BCUT2D eigenvalue weighted by atomic mass is 9.95. The number of carbonyl (C=O) groups is 1. The van der Waals surface area contributed by atoms with Crippen LogP contribution in [0.1, 0.15) is 22.7 Å². The molecule has 3 aromatic rings. The summed E-state index contributed by atoms with van der Waals surface area (Å²) in [6.07, 6.45) is 3.67. The molecule has 182 valence electrons. The Bertz CT molecular complexity index is 1210. The van der Waals surface area contributed by atoms with E-state index in [1.165, 1.54) is 12.2 Å². The predicted molar refractivity (Wildman–Crippen MR) is 132 cm³/mol. The molecule has 1 aliphatic carbocycles. The van der Waals surface area contributed by atoms with Crippen molar-refractivity contribution in [1.29, 1.82) is 0 Å². The van der Waals surface area contributed by atoms with Gasteiger partial charge in [0.25, 0.3) is 0 Å². The Morgan fingerprint density at radius 3 is 2.37 bits per heavy atom. The van der Waals surface area contributed by atoms with E-state index in [-0.39, 0.29) is 5.92 Å². The number of aliphatic hydroxyl groups is 1. The van der Waals surface area contributed by atoms with Crippen molar-refractivity contribution >= 4 is 12.0 Å². The van der Waals surface area contributed by atoms with Crippen molar-refractivity contribution in [2.24, 2.45) is 5.92 Å². The Morgan fingerprint density at radius 1 is 1.06 bits per heavy atom. The van der Waals surface area contributed by atoms with E-state index in [0.29, 0.717) is 17.8 Å². The average molecular weight is 481 g/mol. The van der Waals surface area contributed by atoms with Crippen LogP contribution in [0, 0.1) is 12.8 Å². The lowest BCUT2D eigenvalue weighted by Gasteiger charge is -2.12. The molecule has 2 atom stereocenters. The van der Waals surface area contributed by atoms with Crippen LogP contribution < -0.4 is 0 Å². The van der Waals surface area contributed by atoms with Crippen LogP contribution in [0.2, 0.25) is 0 Å². The minimum atomic E-state index is -4.35. The standard InChI is InChI=1S/C27H23F3N2O.CH4O/c1-19-10-12-21(13-11-19)26-17-24(16-22(18-33)20-6-3-2-4-7-20)31-32(26)25-9-5-8-23(14-15-25)27(28,29)30;1-2/h2-15,17-18,22-23H,16H2,1H3;2H,1H3. The first-order valence-corrected chi connectivity index (χ1v) is 11.1. The average Bonchev–Trinajstić information content (AvgIpc) is 3.11. The predicted octanol–water partition coefficient (Wildman–Crippen LogP) is 6.14. The molecule has 1 heterocycles. The van der Waals surface area contributed by atoms with Crippen LogP contribution in [0.15, 0.2) is 91.0 Å². The number of nitrogens with zero attached hydrogens (tertiary/aromatic N) is 2. The van der Waals surface area contributed by atoms with Gasteiger partial charge in [-0.3, -0.25) is 0 Å². The summed E-state index contributed by atoms with van der Waals surface area (Å²) in [5.41, 5.74) is 4.82. The van der Waals surface area contributed by atoms with Gasteiger partial charge in [0.05, 0.1) is 23.0 Å². The lowest BCUT2D eigenvalue weighted by molar-refractivity contribution is -0.148. The Morgan fingerprint density at radius 2 is 1.74 bits per heavy atom. The molecule has 1 aromatic heterocycles. The monoisotopic (exact) mass is 480 g/mol. The first kappa shape index (κ1) is 25.9. The number of aliphatic hydroxyl groups excluding tert-OH is 1. The molecular formula is C28H27F3N2O2. The summed E-state index contributed by atoms with van der Waals surface area (Å²) in [5.74, 6) is -2.02. The van der Waals surface area contributed by atoms with Gasteiger partial charge < -0.3 is 9.90 Å². The minimum Gasteiger partial charge on any atom is -0.400 e. The van der Waals surface area contributed by atoms with Crippen LogP contribution in [-0.2, 0) is 11.2 Å². The number of alkyl halides is 3. The molecule has 1 aliphatic rings. The number of hydrogen-bond acceptors (Lipinski definition) is 3. The molecule has 0 saturated carbocycles. The van der Waals surface area contributed by atoms with Crippen LogP contribution in [0.4, 0.5) is 13.2 Å². The van der Waals surface area contributed by atoms with E-state index in [1.807, 2.05) is 67.6 Å². The number of aromatic nitrogens is 2. The van der Waals surface area contributed by atoms with Gasteiger partial charge in [-0.1, -0.05) is 78.4 Å². The third-order valence-electron chi connectivity index (χ3n) is 5.61. The van der Waals surface area contributed by atoms with Gasteiger partial charge in [0.2, 0.25) is 0 Å². The number of allylic oxidation sites excluding steroid dienone is 6. The lowest BCUT2D eigenvalue weighted by Crippen LogP contribution is -2.18. The highest BCUT2D eigenvalue weighted by Gasteiger charge is 2.36. The summed E-state index contributed by atoms with van der Waals surface area (Å²) in [7, 11) is 1.00. The van der Waals surface area contributed by atoms with Crippen molar-refractivity contribution in [3.63, 3.8) is 0 Å². The highest BCUT2D eigenvalue weighted by atomic mass is 19.4. The molecule has 0 fully saturated rings. The molecule has 1 N–H and O–H groups in total. The van der Waals surface area contributed by atoms with Gasteiger partial charge in [-0.25, -0.2) is 4.68 Å².